The van der Waals surface area contributed by atoms with Gasteiger partial charge in [-0.15, -0.1) is 0 Å². The van der Waals surface area contributed by atoms with Crippen molar-refractivity contribution in [2.45, 2.75) is 19.4 Å². The van der Waals surface area contributed by atoms with Crippen LogP contribution in [0.15, 0.2) is 42.7 Å². The molecule has 2 aromatic heterocycles. The van der Waals surface area contributed by atoms with Gasteiger partial charge in [0, 0.05) is 24.5 Å². The average molecular weight is 257 g/mol. The van der Waals surface area contributed by atoms with Crippen LogP contribution in [-0.2, 0) is 6.42 Å². The van der Waals surface area contributed by atoms with Crippen LogP contribution in [0.5, 0.6) is 5.75 Å². The summed E-state index contributed by atoms with van der Waals surface area (Å²) in [5.41, 5.74) is 1.97. The van der Waals surface area contributed by atoms with Crippen molar-refractivity contribution in [3.05, 3.63) is 54.1 Å². The van der Waals surface area contributed by atoms with Gasteiger partial charge in [0.2, 0.25) is 0 Å². The number of nitrogens with zero attached hydrogens (tertiary/aromatic N) is 2. The van der Waals surface area contributed by atoms with Crippen molar-refractivity contribution in [2.24, 2.45) is 0 Å². The lowest BCUT2D eigenvalue weighted by Crippen LogP contribution is -2.24. The van der Waals surface area contributed by atoms with Crippen LogP contribution < -0.4 is 10.1 Å². The highest BCUT2D eigenvalue weighted by Gasteiger charge is 2.17. The number of aromatic nitrogens is 2. The lowest BCUT2D eigenvalue weighted by Gasteiger charge is -2.19. The van der Waals surface area contributed by atoms with E-state index >= 15 is 0 Å². The van der Waals surface area contributed by atoms with Gasteiger partial charge in [-0.3, -0.25) is 9.97 Å². The Hall–Kier alpha value is -1.94. The van der Waals surface area contributed by atoms with Gasteiger partial charge in [0.1, 0.15) is 5.75 Å². The smallest absolute Gasteiger partial charge is 0.141 e. The molecule has 0 aliphatic carbocycles. The third-order valence-electron chi connectivity index (χ3n) is 2.94. The van der Waals surface area contributed by atoms with E-state index in [1.807, 2.05) is 36.5 Å². The van der Waals surface area contributed by atoms with E-state index in [0.717, 1.165) is 30.1 Å². The Morgan fingerprint density at radius 2 is 2.00 bits per heavy atom. The van der Waals surface area contributed by atoms with Gasteiger partial charge >= 0.3 is 0 Å². The second-order valence-electron chi connectivity index (χ2n) is 4.23. The zero-order valence-electron chi connectivity index (χ0n) is 11.3. The van der Waals surface area contributed by atoms with E-state index in [1.54, 1.807) is 13.3 Å². The van der Waals surface area contributed by atoms with Gasteiger partial charge in [-0.1, -0.05) is 13.0 Å². The summed E-state index contributed by atoms with van der Waals surface area (Å²) >= 11 is 0. The normalized spacial score (nSPS) is 12.1. The third kappa shape index (κ3) is 3.51. The van der Waals surface area contributed by atoms with Crippen molar-refractivity contribution in [3.8, 4) is 5.75 Å². The SMILES string of the molecule is CCNC(Cc1ccccn1)c1ncccc1OC. The van der Waals surface area contributed by atoms with Gasteiger partial charge in [-0.05, 0) is 30.8 Å². The average Bonchev–Trinajstić information content (AvgIpc) is 2.48. The molecule has 1 atom stereocenters. The van der Waals surface area contributed by atoms with Crippen molar-refractivity contribution in [1.82, 2.24) is 15.3 Å². The fourth-order valence-corrected chi connectivity index (χ4v) is 2.08. The van der Waals surface area contributed by atoms with Crippen LogP contribution in [-0.4, -0.2) is 23.6 Å². The monoisotopic (exact) mass is 257 g/mol. The number of hydrogen-bond donors (Lipinski definition) is 1. The second kappa shape index (κ2) is 6.85. The van der Waals surface area contributed by atoms with Gasteiger partial charge in [-0.25, -0.2) is 0 Å². The first-order chi connectivity index (χ1) is 9.35. The first kappa shape index (κ1) is 13.5. The molecule has 0 saturated heterocycles. The van der Waals surface area contributed by atoms with Crippen molar-refractivity contribution >= 4 is 0 Å². The Morgan fingerprint density at radius 3 is 2.68 bits per heavy atom. The highest BCUT2D eigenvalue weighted by Crippen LogP contribution is 2.24. The van der Waals surface area contributed by atoms with Crippen LogP contribution in [0.1, 0.15) is 24.4 Å². The Morgan fingerprint density at radius 1 is 1.16 bits per heavy atom. The van der Waals surface area contributed by atoms with Gasteiger partial charge in [0.05, 0.1) is 18.8 Å². The molecule has 100 valence electrons. The third-order valence-corrected chi connectivity index (χ3v) is 2.94. The van der Waals surface area contributed by atoms with Crippen LogP contribution in [0, 0.1) is 0 Å². The number of nitrogens with one attached hydrogen (secondary N) is 1. The summed E-state index contributed by atoms with van der Waals surface area (Å²) in [6.45, 7) is 2.96. The second-order valence-corrected chi connectivity index (χ2v) is 4.23. The number of pyridine rings is 2. The maximum Gasteiger partial charge on any atom is 0.141 e. The van der Waals surface area contributed by atoms with E-state index in [9.17, 15) is 0 Å². The van der Waals surface area contributed by atoms with E-state index in [2.05, 4.69) is 22.2 Å². The van der Waals surface area contributed by atoms with Gasteiger partial charge in [0.15, 0.2) is 0 Å². The van der Waals surface area contributed by atoms with Gasteiger partial charge < -0.3 is 10.1 Å². The minimum atomic E-state index is 0.107. The minimum absolute atomic E-state index is 0.107. The molecule has 0 radical (unpaired) electrons. The molecule has 19 heavy (non-hydrogen) atoms. The highest BCUT2D eigenvalue weighted by atomic mass is 16.5. The molecule has 2 aromatic rings. The molecular weight excluding hydrogens is 238 g/mol. The van der Waals surface area contributed by atoms with Crippen LogP contribution in [0.2, 0.25) is 0 Å². The van der Waals surface area contributed by atoms with Crippen molar-refractivity contribution in [1.29, 1.82) is 0 Å². The molecule has 2 rings (SSSR count). The Labute approximate surface area is 113 Å². The van der Waals surface area contributed by atoms with Gasteiger partial charge in [-0.2, -0.15) is 0 Å². The topological polar surface area (TPSA) is 47.0 Å². The molecule has 0 saturated carbocycles. The van der Waals surface area contributed by atoms with Gasteiger partial charge in [0.25, 0.3) is 0 Å². The number of hydrogen-bond acceptors (Lipinski definition) is 4. The molecule has 0 fully saturated rings. The molecule has 0 bridgehead atoms. The summed E-state index contributed by atoms with van der Waals surface area (Å²) < 4.78 is 5.39. The predicted molar refractivity (Wildman–Crippen MR) is 75.1 cm³/mol. The largest absolute Gasteiger partial charge is 0.495 e. The molecule has 0 aliphatic heterocycles. The zero-order chi connectivity index (χ0) is 13.5. The molecule has 1 unspecified atom stereocenters. The van der Waals surface area contributed by atoms with Crippen LogP contribution in [0.25, 0.3) is 0 Å². The maximum atomic E-state index is 5.39. The lowest BCUT2D eigenvalue weighted by molar-refractivity contribution is 0.393. The van der Waals surface area contributed by atoms with Crippen molar-refractivity contribution < 1.29 is 4.74 Å². The lowest BCUT2D eigenvalue weighted by atomic mass is 10.1. The summed E-state index contributed by atoms with van der Waals surface area (Å²) in [4.78, 5) is 8.82. The molecule has 4 heteroatoms. The zero-order valence-corrected chi connectivity index (χ0v) is 11.3. The first-order valence-electron chi connectivity index (χ1n) is 6.47. The molecule has 0 spiro atoms. The van der Waals surface area contributed by atoms with E-state index in [4.69, 9.17) is 4.74 Å². The molecule has 0 aliphatic rings. The van der Waals surface area contributed by atoms with E-state index in [0.29, 0.717) is 0 Å². The van der Waals surface area contributed by atoms with Crippen molar-refractivity contribution in [3.63, 3.8) is 0 Å². The van der Waals surface area contributed by atoms with E-state index in [1.165, 1.54) is 0 Å². The Bertz CT molecular complexity index is 502. The maximum absolute atomic E-state index is 5.39. The van der Waals surface area contributed by atoms with E-state index < -0.39 is 0 Å². The molecule has 4 nitrogen and oxygen atoms in total. The van der Waals surface area contributed by atoms with Crippen LogP contribution >= 0.6 is 0 Å². The highest BCUT2D eigenvalue weighted by molar-refractivity contribution is 5.30. The summed E-state index contributed by atoms with van der Waals surface area (Å²) in [7, 11) is 1.67. The van der Waals surface area contributed by atoms with Crippen LogP contribution in [0.3, 0.4) is 0 Å². The summed E-state index contributed by atoms with van der Waals surface area (Å²) in [5, 5.41) is 3.44. The molecule has 0 amide bonds. The number of ether oxygens (including phenoxy) is 1. The molecule has 1 N–H and O–H groups in total. The fourth-order valence-electron chi connectivity index (χ4n) is 2.08. The Kier molecular flexibility index (Phi) is 4.86. The first-order valence-corrected chi connectivity index (χ1v) is 6.47. The van der Waals surface area contributed by atoms with Crippen molar-refractivity contribution in [2.75, 3.05) is 13.7 Å². The van der Waals surface area contributed by atoms with Crippen LogP contribution in [0.4, 0.5) is 0 Å². The standard InChI is InChI=1S/C15H19N3O/c1-3-16-13(11-12-7-4-5-9-17-12)15-14(19-2)8-6-10-18-15/h4-10,13,16H,3,11H2,1-2H3. The number of likely N-dealkylation sites (N-methyl/N-ethyl adjacent to an activating group) is 1. The molecular formula is C15H19N3O. The predicted octanol–water partition coefficient (Wildman–Crippen LogP) is 2.38. The Balaban J connectivity index is 2.24. The summed E-state index contributed by atoms with van der Waals surface area (Å²) in [6.07, 6.45) is 4.40. The minimum Gasteiger partial charge on any atom is -0.495 e. The number of rotatable bonds is 6. The number of methoxy groups -OCH3 is 1. The quantitative estimate of drug-likeness (QED) is 0.863. The van der Waals surface area contributed by atoms with E-state index in [-0.39, 0.29) is 6.04 Å². The molecule has 0 aromatic carbocycles. The molecule has 2 heterocycles. The fraction of sp³-hybridized carbons (Fsp3) is 0.333. The summed E-state index contributed by atoms with van der Waals surface area (Å²) in [5.74, 6) is 0.810. The summed E-state index contributed by atoms with van der Waals surface area (Å²) in [6, 6.07) is 9.88.